The first-order valence-corrected chi connectivity index (χ1v) is 10.0. The smallest absolute Gasteiger partial charge is 0.238 e. The third kappa shape index (κ3) is 4.27. The van der Waals surface area contributed by atoms with E-state index in [1.807, 2.05) is 86.3 Å². The molecule has 1 aliphatic rings. The molecule has 27 heavy (non-hydrogen) atoms. The Kier molecular flexibility index (Phi) is 5.75. The quantitative estimate of drug-likeness (QED) is 0.844. The molecule has 1 saturated heterocycles. The molecular formula is C21H25N3O2S. The second kappa shape index (κ2) is 8.05. The molecule has 5 nitrogen and oxygen atoms in total. The highest BCUT2D eigenvalue weighted by Gasteiger charge is 2.34. The van der Waals surface area contributed by atoms with Gasteiger partial charge in [-0.05, 0) is 42.0 Å². The minimum Gasteiger partial charge on any atom is -0.378 e. The Labute approximate surface area is 164 Å². The number of carbonyl (C=O) groups is 2. The zero-order chi connectivity index (χ0) is 19.6. The average Bonchev–Trinajstić information content (AvgIpc) is 3.03. The second-order valence-corrected chi connectivity index (χ2v) is 8.18. The molecule has 0 aliphatic carbocycles. The van der Waals surface area contributed by atoms with Gasteiger partial charge in [0, 0.05) is 37.1 Å². The molecule has 0 spiro atoms. The molecule has 2 aromatic carbocycles. The molecule has 0 saturated carbocycles. The summed E-state index contributed by atoms with van der Waals surface area (Å²) in [5, 5.41) is 2.84. The fourth-order valence-corrected chi connectivity index (χ4v) is 4.08. The standard InChI is InChI=1S/C21H25N3O2S/c1-14(2)20(26)22-16-7-5-6-15(12-16)21-24(19(25)13-27-21)18-10-8-17(9-11-18)23(3)4/h5-12,14,21H,13H2,1-4H3,(H,22,26)/t21-/m1/s1. The number of anilines is 3. The number of nitrogens with zero attached hydrogens (tertiary/aromatic N) is 2. The van der Waals surface area contributed by atoms with Crippen LogP contribution in [0.15, 0.2) is 48.5 Å². The second-order valence-electron chi connectivity index (χ2n) is 7.11. The highest BCUT2D eigenvalue weighted by Crippen LogP contribution is 2.42. The van der Waals surface area contributed by atoms with Crippen LogP contribution in [-0.4, -0.2) is 31.7 Å². The van der Waals surface area contributed by atoms with Crippen LogP contribution in [-0.2, 0) is 9.59 Å². The Morgan fingerprint density at radius 1 is 1.19 bits per heavy atom. The summed E-state index contributed by atoms with van der Waals surface area (Å²) in [7, 11) is 3.98. The van der Waals surface area contributed by atoms with Gasteiger partial charge in [0.25, 0.3) is 0 Å². The van der Waals surface area contributed by atoms with E-state index in [1.165, 1.54) is 0 Å². The SMILES string of the molecule is CC(C)C(=O)Nc1cccc([C@H]2SCC(=O)N2c2ccc(N(C)C)cc2)c1. The van der Waals surface area contributed by atoms with Crippen molar-refractivity contribution < 1.29 is 9.59 Å². The molecular weight excluding hydrogens is 358 g/mol. The third-order valence-electron chi connectivity index (χ3n) is 4.48. The lowest BCUT2D eigenvalue weighted by Crippen LogP contribution is -2.28. The van der Waals surface area contributed by atoms with Crippen LogP contribution >= 0.6 is 11.8 Å². The Hall–Kier alpha value is -2.47. The molecule has 1 fully saturated rings. The summed E-state index contributed by atoms with van der Waals surface area (Å²) in [5.41, 5.74) is 3.74. The van der Waals surface area contributed by atoms with Gasteiger partial charge in [-0.2, -0.15) is 0 Å². The van der Waals surface area contributed by atoms with E-state index in [0.717, 1.165) is 22.6 Å². The number of hydrogen-bond acceptors (Lipinski definition) is 4. The van der Waals surface area contributed by atoms with Crippen molar-refractivity contribution in [3.63, 3.8) is 0 Å². The van der Waals surface area contributed by atoms with E-state index in [4.69, 9.17) is 0 Å². The summed E-state index contributed by atoms with van der Waals surface area (Å²) in [4.78, 5) is 28.4. The number of thioether (sulfide) groups is 1. The van der Waals surface area contributed by atoms with Gasteiger partial charge in [-0.15, -0.1) is 11.8 Å². The number of amides is 2. The summed E-state index contributed by atoms with van der Waals surface area (Å²) in [6.07, 6.45) is 0. The zero-order valence-electron chi connectivity index (χ0n) is 16.1. The van der Waals surface area contributed by atoms with Gasteiger partial charge in [-0.1, -0.05) is 26.0 Å². The van der Waals surface area contributed by atoms with E-state index >= 15 is 0 Å². The molecule has 6 heteroatoms. The van der Waals surface area contributed by atoms with E-state index in [2.05, 4.69) is 5.32 Å². The fraction of sp³-hybridized carbons (Fsp3) is 0.333. The van der Waals surface area contributed by atoms with Crippen molar-refractivity contribution in [2.45, 2.75) is 19.2 Å². The van der Waals surface area contributed by atoms with Crippen LogP contribution in [0.4, 0.5) is 17.1 Å². The topological polar surface area (TPSA) is 52.7 Å². The normalized spacial score (nSPS) is 16.7. The maximum absolute atomic E-state index is 12.6. The maximum Gasteiger partial charge on any atom is 0.238 e. The third-order valence-corrected chi connectivity index (χ3v) is 5.69. The maximum atomic E-state index is 12.6. The average molecular weight is 384 g/mol. The Bertz CT molecular complexity index is 834. The largest absolute Gasteiger partial charge is 0.378 e. The van der Waals surface area contributed by atoms with Crippen molar-refractivity contribution in [2.75, 3.05) is 35.0 Å². The first kappa shape index (κ1) is 19.3. The molecule has 3 rings (SSSR count). The molecule has 0 bridgehead atoms. The van der Waals surface area contributed by atoms with Gasteiger partial charge in [0.2, 0.25) is 11.8 Å². The van der Waals surface area contributed by atoms with Crippen molar-refractivity contribution in [2.24, 2.45) is 5.92 Å². The highest BCUT2D eigenvalue weighted by atomic mass is 32.2. The van der Waals surface area contributed by atoms with Gasteiger partial charge in [0.15, 0.2) is 0 Å². The Balaban J connectivity index is 1.87. The molecule has 0 radical (unpaired) electrons. The summed E-state index contributed by atoms with van der Waals surface area (Å²) in [6.45, 7) is 3.73. The Morgan fingerprint density at radius 2 is 1.89 bits per heavy atom. The zero-order valence-corrected chi connectivity index (χ0v) is 16.9. The van der Waals surface area contributed by atoms with Crippen molar-refractivity contribution in [3.8, 4) is 0 Å². The molecule has 0 unspecified atom stereocenters. The number of nitrogens with one attached hydrogen (secondary N) is 1. The Morgan fingerprint density at radius 3 is 2.52 bits per heavy atom. The van der Waals surface area contributed by atoms with Crippen LogP contribution in [0.1, 0.15) is 24.8 Å². The molecule has 0 aromatic heterocycles. The lowest BCUT2D eigenvalue weighted by molar-refractivity contribution is -0.119. The highest BCUT2D eigenvalue weighted by molar-refractivity contribution is 8.00. The van der Waals surface area contributed by atoms with Gasteiger partial charge in [0.05, 0.1) is 5.75 Å². The van der Waals surface area contributed by atoms with Crippen LogP contribution in [0.3, 0.4) is 0 Å². The monoisotopic (exact) mass is 383 g/mol. The van der Waals surface area contributed by atoms with Gasteiger partial charge >= 0.3 is 0 Å². The number of hydrogen-bond donors (Lipinski definition) is 1. The predicted octanol–water partition coefficient (Wildman–Crippen LogP) is 4.13. The molecule has 2 aromatic rings. The molecule has 1 heterocycles. The first-order chi connectivity index (χ1) is 12.9. The summed E-state index contributed by atoms with van der Waals surface area (Å²) < 4.78 is 0. The summed E-state index contributed by atoms with van der Waals surface area (Å²) >= 11 is 1.60. The molecule has 1 atom stereocenters. The van der Waals surface area contributed by atoms with Crippen LogP contribution in [0, 0.1) is 5.92 Å². The lowest BCUT2D eigenvalue weighted by Gasteiger charge is -2.25. The van der Waals surface area contributed by atoms with Crippen LogP contribution < -0.4 is 15.1 Å². The van der Waals surface area contributed by atoms with E-state index in [1.54, 1.807) is 11.8 Å². The van der Waals surface area contributed by atoms with Crippen molar-refractivity contribution in [1.82, 2.24) is 0 Å². The van der Waals surface area contributed by atoms with Gasteiger partial charge in [-0.3, -0.25) is 14.5 Å². The number of rotatable bonds is 5. The first-order valence-electron chi connectivity index (χ1n) is 8.98. The molecule has 1 N–H and O–H groups in total. The van der Waals surface area contributed by atoms with Gasteiger partial charge in [0.1, 0.15) is 5.37 Å². The minimum absolute atomic E-state index is 0.0153. The van der Waals surface area contributed by atoms with Crippen LogP contribution in [0.2, 0.25) is 0 Å². The van der Waals surface area contributed by atoms with Crippen molar-refractivity contribution in [3.05, 3.63) is 54.1 Å². The van der Waals surface area contributed by atoms with Gasteiger partial charge < -0.3 is 10.2 Å². The van der Waals surface area contributed by atoms with E-state index in [9.17, 15) is 9.59 Å². The van der Waals surface area contributed by atoms with Crippen LogP contribution in [0.5, 0.6) is 0 Å². The van der Waals surface area contributed by atoms with Crippen molar-refractivity contribution >= 4 is 40.6 Å². The van der Waals surface area contributed by atoms with Crippen LogP contribution in [0.25, 0.3) is 0 Å². The molecule has 2 amide bonds. The summed E-state index contributed by atoms with van der Waals surface area (Å²) in [5.74, 6) is 0.448. The number of benzene rings is 2. The lowest BCUT2D eigenvalue weighted by atomic mass is 10.1. The van der Waals surface area contributed by atoms with Crippen molar-refractivity contribution in [1.29, 1.82) is 0 Å². The van der Waals surface area contributed by atoms with Gasteiger partial charge in [-0.25, -0.2) is 0 Å². The fourth-order valence-electron chi connectivity index (χ4n) is 2.92. The molecule has 1 aliphatic heterocycles. The predicted molar refractivity (Wildman–Crippen MR) is 113 cm³/mol. The molecule has 142 valence electrons. The van der Waals surface area contributed by atoms with E-state index < -0.39 is 0 Å². The van der Waals surface area contributed by atoms with E-state index in [0.29, 0.717) is 5.75 Å². The van der Waals surface area contributed by atoms with E-state index in [-0.39, 0.29) is 23.1 Å². The minimum atomic E-state index is -0.0985. The number of carbonyl (C=O) groups excluding carboxylic acids is 2. The summed E-state index contributed by atoms with van der Waals surface area (Å²) in [6, 6.07) is 15.8.